The molecule has 0 aliphatic rings. The molecule has 0 radical (unpaired) electrons. The molecule has 0 saturated heterocycles. The second kappa shape index (κ2) is 6.64. The molecule has 2 aromatic heterocycles. The number of benzene rings is 2. The summed E-state index contributed by atoms with van der Waals surface area (Å²) < 4.78 is 10.5. The molecule has 0 bridgehead atoms. The third-order valence-electron chi connectivity index (χ3n) is 4.51. The van der Waals surface area contributed by atoms with Crippen molar-refractivity contribution in [3.8, 4) is 5.75 Å². The number of H-pyrrole nitrogens is 1. The van der Waals surface area contributed by atoms with Crippen LogP contribution in [-0.2, 0) is 16.0 Å². The van der Waals surface area contributed by atoms with Gasteiger partial charge in [-0.1, -0.05) is 18.2 Å². The van der Waals surface area contributed by atoms with Gasteiger partial charge in [-0.05, 0) is 25.1 Å². The molecule has 0 aliphatic heterocycles. The van der Waals surface area contributed by atoms with Crippen molar-refractivity contribution >= 4 is 33.6 Å². The average Bonchev–Trinajstić information content (AvgIpc) is 3.19. The molecule has 0 fully saturated rings. The monoisotopic (exact) mass is 363 g/mol. The van der Waals surface area contributed by atoms with E-state index in [0.29, 0.717) is 16.7 Å². The number of esters is 1. The van der Waals surface area contributed by atoms with Crippen LogP contribution in [0.5, 0.6) is 5.75 Å². The van der Waals surface area contributed by atoms with E-state index in [0.717, 1.165) is 22.0 Å². The Labute approximate surface area is 154 Å². The number of Topliss-reactive ketones (excluding diaryl/α,β-unsaturated/α-hetero) is 1. The van der Waals surface area contributed by atoms with Crippen molar-refractivity contribution in [1.29, 1.82) is 0 Å². The summed E-state index contributed by atoms with van der Waals surface area (Å²) in [6.07, 6.45) is 1.44. The third-order valence-corrected chi connectivity index (χ3v) is 4.51. The maximum atomic E-state index is 12.6. The minimum Gasteiger partial charge on any atom is -0.508 e. The molecule has 4 aromatic rings. The molecule has 6 heteroatoms. The zero-order valence-corrected chi connectivity index (χ0v) is 14.6. The molecule has 2 heterocycles. The first-order chi connectivity index (χ1) is 13.0. The van der Waals surface area contributed by atoms with Gasteiger partial charge in [-0.25, -0.2) is 0 Å². The number of aryl methyl sites for hydroxylation is 1. The number of phenolic OH excluding ortho intramolecular Hbond substituents is 1. The van der Waals surface area contributed by atoms with Gasteiger partial charge in [-0.15, -0.1) is 0 Å². The summed E-state index contributed by atoms with van der Waals surface area (Å²) in [5, 5.41) is 11.0. The van der Waals surface area contributed by atoms with Crippen molar-refractivity contribution in [1.82, 2.24) is 4.98 Å². The lowest BCUT2D eigenvalue weighted by molar-refractivity contribution is -0.141. The molecule has 0 amide bonds. The first-order valence-electron chi connectivity index (χ1n) is 8.48. The van der Waals surface area contributed by atoms with Crippen LogP contribution in [0.25, 0.3) is 21.9 Å². The van der Waals surface area contributed by atoms with Gasteiger partial charge < -0.3 is 19.2 Å². The van der Waals surface area contributed by atoms with Crippen LogP contribution in [0, 0.1) is 6.92 Å². The van der Waals surface area contributed by atoms with Crippen molar-refractivity contribution in [3.63, 3.8) is 0 Å². The van der Waals surface area contributed by atoms with E-state index < -0.39 is 5.97 Å². The standard InChI is InChI=1S/C21H17NO5/c1-12-21(16-4-2-3-5-17(16)22-12)18(24)11-27-20(25)8-13-10-26-19-9-14(23)6-7-15(13)19/h2-7,9-10,22-23H,8,11H2,1H3. The summed E-state index contributed by atoms with van der Waals surface area (Å²) in [5.41, 5.74) is 3.30. The van der Waals surface area contributed by atoms with Gasteiger partial charge in [-0.3, -0.25) is 9.59 Å². The number of hydrogen-bond donors (Lipinski definition) is 2. The Morgan fingerprint density at radius 2 is 1.96 bits per heavy atom. The zero-order chi connectivity index (χ0) is 19.0. The predicted molar refractivity (Wildman–Crippen MR) is 99.9 cm³/mol. The van der Waals surface area contributed by atoms with Gasteiger partial charge in [0.25, 0.3) is 0 Å². The van der Waals surface area contributed by atoms with Crippen LogP contribution in [0.4, 0.5) is 0 Å². The molecule has 4 rings (SSSR count). The van der Waals surface area contributed by atoms with Crippen molar-refractivity contribution in [2.75, 3.05) is 6.61 Å². The van der Waals surface area contributed by atoms with Crippen LogP contribution >= 0.6 is 0 Å². The van der Waals surface area contributed by atoms with E-state index in [1.165, 1.54) is 18.4 Å². The number of carbonyl (C=O) groups is 2. The maximum Gasteiger partial charge on any atom is 0.310 e. The summed E-state index contributed by atoms with van der Waals surface area (Å²) in [6.45, 7) is 1.50. The van der Waals surface area contributed by atoms with E-state index in [-0.39, 0.29) is 24.6 Å². The Hall–Kier alpha value is -3.54. The molecule has 0 atom stereocenters. The van der Waals surface area contributed by atoms with Gasteiger partial charge in [-0.2, -0.15) is 0 Å². The second-order valence-corrected chi connectivity index (χ2v) is 6.37. The number of furan rings is 1. The highest BCUT2D eigenvalue weighted by atomic mass is 16.5. The lowest BCUT2D eigenvalue weighted by Gasteiger charge is -2.04. The molecular formula is C21H17NO5. The van der Waals surface area contributed by atoms with Crippen LogP contribution in [0.2, 0.25) is 0 Å². The molecule has 0 spiro atoms. The third kappa shape index (κ3) is 3.17. The Morgan fingerprint density at radius 1 is 1.15 bits per heavy atom. The SMILES string of the molecule is Cc1[nH]c2ccccc2c1C(=O)COC(=O)Cc1coc2cc(O)ccc12. The number of ether oxygens (including phenoxy) is 1. The van der Waals surface area contributed by atoms with Gasteiger partial charge >= 0.3 is 5.97 Å². The summed E-state index contributed by atoms with van der Waals surface area (Å²) in [7, 11) is 0. The number of fused-ring (bicyclic) bond motifs is 2. The summed E-state index contributed by atoms with van der Waals surface area (Å²) in [4.78, 5) is 27.9. The number of hydrogen-bond acceptors (Lipinski definition) is 5. The minimum atomic E-state index is -0.517. The van der Waals surface area contributed by atoms with Crippen molar-refractivity contribution in [2.45, 2.75) is 13.3 Å². The Morgan fingerprint density at radius 3 is 2.81 bits per heavy atom. The quantitative estimate of drug-likeness (QED) is 0.414. The molecule has 0 unspecified atom stereocenters. The smallest absolute Gasteiger partial charge is 0.310 e. The molecule has 2 aromatic carbocycles. The zero-order valence-electron chi connectivity index (χ0n) is 14.6. The summed E-state index contributed by atoms with van der Waals surface area (Å²) in [6, 6.07) is 12.2. The number of ketones is 1. The molecule has 0 aliphatic carbocycles. The highest BCUT2D eigenvalue weighted by molar-refractivity contribution is 6.10. The van der Waals surface area contributed by atoms with Crippen LogP contribution in [0.15, 0.2) is 53.1 Å². The predicted octanol–water partition coefficient (Wildman–Crippen LogP) is 3.90. The maximum absolute atomic E-state index is 12.6. The normalized spacial score (nSPS) is 11.1. The fourth-order valence-corrected chi connectivity index (χ4v) is 3.27. The van der Waals surface area contributed by atoms with E-state index in [1.807, 2.05) is 31.2 Å². The van der Waals surface area contributed by atoms with Crippen molar-refractivity contribution < 1.29 is 23.8 Å². The van der Waals surface area contributed by atoms with E-state index in [2.05, 4.69) is 4.98 Å². The molecule has 0 saturated carbocycles. The number of aromatic hydroxyl groups is 1. The van der Waals surface area contributed by atoms with Gasteiger partial charge in [0.2, 0.25) is 5.78 Å². The van der Waals surface area contributed by atoms with Crippen LogP contribution in [0.3, 0.4) is 0 Å². The number of aromatic nitrogens is 1. The van der Waals surface area contributed by atoms with Crippen molar-refractivity contribution in [2.24, 2.45) is 0 Å². The topological polar surface area (TPSA) is 92.5 Å². The van der Waals surface area contributed by atoms with Crippen molar-refractivity contribution in [3.05, 3.63) is 65.5 Å². The highest BCUT2D eigenvalue weighted by Crippen LogP contribution is 2.26. The number of para-hydroxylation sites is 1. The van der Waals surface area contributed by atoms with E-state index in [1.54, 1.807) is 6.07 Å². The fourth-order valence-electron chi connectivity index (χ4n) is 3.27. The summed E-state index contributed by atoms with van der Waals surface area (Å²) >= 11 is 0. The van der Waals surface area contributed by atoms with E-state index in [4.69, 9.17) is 9.15 Å². The number of phenols is 1. The molecule has 136 valence electrons. The summed E-state index contributed by atoms with van der Waals surface area (Å²) in [5.74, 6) is -0.678. The van der Waals surface area contributed by atoms with E-state index >= 15 is 0 Å². The number of nitrogens with one attached hydrogen (secondary N) is 1. The Kier molecular flexibility index (Phi) is 4.16. The largest absolute Gasteiger partial charge is 0.508 e. The molecule has 2 N–H and O–H groups in total. The van der Waals surface area contributed by atoms with Gasteiger partial charge in [0.05, 0.1) is 12.7 Å². The minimum absolute atomic E-state index is 0.0160. The first kappa shape index (κ1) is 16.9. The average molecular weight is 363 g/mol. The highest BCUT2D eigenvalue weighted by Gasteiger charge is 2.18. The molecular weight excluding hydrogens is 346 g/mol. The lowest BCUT2D eigenvalue weighted by Crippen LogP contribution is -2.16. The Balaban J connectivity index is 1.45. The molecule has 6 nitrogen and oxygen atoms in total. The van der Waals surface area contributed by atoms with Gasteiger partial charge in [0, 0.05) is 39.2 Å². The molecule has 27 heavy (non-hydrogen) atoms. The second-order valence-electron chi connectivity index (χ2n) is 6.37. The van der Waals surface area contributed by atoms with Gasteiger partial charge in [0.1, 0.15) is 11.3 Å². The van der Waals surface area contributed by atoms with Crippen LogP contribution < -0.4 is 0 Å². The lowest BCUT2D eigenvalue weighted by atomic mass is 10.1. The van der Waals surface area contributed by atoms with Crippen LogP contribution in [-0.4, -0.2) is 28.4 Å². The number of carbonyl (C=O) groups excluding carboxylic acids is 2. The fraction of sp³-hybridized carbons (Fsp3) is 0.143. The van der Waals surface area contributed by atoms with E-state index in [9.17, 15) is 14.7 Å². The Bertz CT molecular complexity index is 1170. The van der Waals surface area contributed by atoms with Crippen LogP contribution in [0.1, 0.15) is 21.6 Å². The van der Waals surface area contributed by atoms with Gasteiger partial charge in [0.15, 0.2) is 6.61 Å². The first-order valence-corrected chi connectivity index (χ1v) is 8.48. The number of aromatic amines is 1. The number of rotatable bonds is 5.